The van der Waals surface area contributed by atoms with Crippen LogP contribution < -0.4 is 15.8 Å². The van der Waals surface area contributed by atoms with Gasteiger partial charge in [0.25, 0.3) is 5.91 Å². The van der Waals surface area contributed by atoms with Gasteiger partial charge in [-0.2, -0.15) is 0 Å². The molecule has 108 valence electrons. The summed E-state index contributed by atoms with van der Waals surface area (Å²) < 4.78 is 5.56. The van der Waals surface area contributed by atoms with Gasteiger partial charge in [0, 0.05) is 0 Å². The van der Waals surface area contributed by atoms with Gasteiger partial charge >= 0.3 is 0 Å². The number of nitrogens with two attached hydrogens (primary N) is 1. The molecular weight excluding hydrogens is 264 g/mol. The van der Waals surface area contributed by atoms with E-state index in [4.69, 9.17) is 10.5 Å². The summed E-state index contributed by atoms with van der Waals surface area (Å²) in [6.45, 7) is 3.04. The topological polar surface area (TPSA) is 64.4 Å². The minimum Gasteiger partial charge on any atom is -0.491 e. The molecule has 0 bridgehead atoms. The SMILES string of the molecule is Cc1ccccc1C(N)c1ccc2c(c1)C(=O)NCCO2. The van der Waals surface area contributed by atoms with Crippen LogP contribution in [0.25, 0.3) is 0 Å². The lowest BCUT2D eigenvalue weighted by Gasteiger charge is -2.16. The van der Waals surface area contributed by atoms with Crippen molar-refractivity contribution in [3.05, 3.63) is 64.7 Å². The van der Waals surface area contributed by atoms with Crippen molar-refractivity contribution in [2.24, 2.45) is 5.73 Å². The number of aryl methyl sites for hydroxylation is 1. The number of hydrogen-bond donors (Lipinski definition) is 2. The van der Waals surface area contributed by atoms with Crippen LogP contribution in [0.3, 0.4) is 0 Å². The third-order valence-electron chi connectivity index (χ3n) is 3.78. The second-order valence-corrected chi connectivity index (χ2v) is 5.19. The molecule has 0 saturated heterocycles. The van der Waals surface area contributed by atoms with Gasteiger partial charge in [-0.25, -0.2) is 0 Å². The van der Waals surface area contributed by atoms with Crippen LogP contribution in [0.2, 0.25) is 0 Å². The van der Waals surface area contributed by atoms with E-state index in [1.54, 1.807) is 0 Å². The first-order valence-corrected chi connectivity index (χ1v) is 7.03. The van der Waals surface area contributed by atoms with E-state index in [9.17, 15) is 4.79 Å². The highest BCUT2D eigenvalue weighted by Gasteiger charge is 2.19. The highest BCUT2D eigenvalue weighted by atomic mass is 16.5. The molecule has 0 aliphatic carbocycles. The van der Waals surface area contributed by atoms with Gasteiger partial charge in [0.1, 0.15) is 12.4 Å². The third-order valence-corrected chi connectivity index (χ3v) is 3.78. The summed E-state index contributed by atoms with van der Waals surface area (Å²) >= 11 is 0. The molecule has 0 aromatic heterocycles. The zero-order chi connectivity index (χ0) is 14.8. The zero-order valence-corrected chi connectivity index (χ0v) is 11.9. The Balaban J connectivity index is 2.00. The molecule has 2 aromatic rings. The van der Waals surface area contributed by atoms with Crippen molar-refractivity contribution in [3.8, 4) is 5.75 Å². The van der Waals surface area contributed by atoms with Crippen molar-refractivity contribution in [1.82, 2.24) is 5.32 Å². The maximum Gasteiger partial charge on any atom is 0.255 e. The van der Waals surface area contributed by atoms with Crippen molar-refractivity contribution in [2.75, 3.05) is 13.2 Å². The van der Waals surface area contributed by atoms with Gasteiger partial charge in [0.15, 0.2) is 0 Å². The molecule has 1 heterocycles. The molecule has 2 aromatic carbocycles. The fourth-order valence-corrected chi connectivity index (χ4v) is 2.58. The van der Waals surface area contributed by atoms with Crippen molar-refractivity contribution in [3.63, 3.8) is 0 Å². The first-order chi connectivity index (χ1) is 10.2. The predicted molar refractivity (Wildman–Crippen MR) is 81.5 cm³/mol. The third kappa shape index (κ3) is 2.62. The first kappa shape index (κ1) is 13.6. The molecule has 4 heteroatoms. The van der Waals surface area contributed by atoms with Crippen LogP contribution in [-0.4, -0.2) is 19.1 Å². The fraction of sp³-hybridized carbons (Fsp3) is 0.235. The van der Waals surface area contributed by atoms with Gasteiger partial charge in [-0.05, 0) is 35.7 Å². The fourth-order valence-electron chi connectivity index (χ4n) is 2.58. The molecule has 3 N–H and O–H groups in total. The van der Waals surface area contributed by atoms with Gasteiger partial charge in [-0.1, -0.05) is 30.3 Å². The summed E-state index contributed by atoms with van der Waals surface area (Å²) in [5.41, 5.74) is 10.0. The summed E-state index contributed by atoms with van der Waals surface area (Å²) in [5, 5.41) is 2.81. The van der Waals surface area contributed by atoms with Crippen LogP contribution in [0.4, 0.5) is 0 Å². The largest absolute Gasteiger partial charge is 0.491 e. The Hall–Kier alpha value is -2.33. The van der Waals surface area contributed by atoms with Gasteiger partial charge in [0.2, 0.25) is 0 Å². The van der Waals surface area contributed by atoms with Crippen molar-refractivity contribution in [2.45, 2.75) is 13.0 Å². The molecule has 1 amide bonds. The number of fused-ring (bicyclic) bond motifs is 1. The Morgan fingerprint density at radius 1 is 1.24 bits per heavy atom. The summed E-state index contributed by atoms with van der Waals surface area (Å²) in [4.78, 5) is 12.1. The highest BCUT2D eigenvalue weighted by molar-refractivity contribution is 5.97. The van der Waals surface area contributed by atoms with Gasteiger partial charge in [-0.3, -0.25) is 4.79 Å². The van der Waals surface area contributed by atoms with E-state index < -0.39 is 0 Å². The Kier molecular flexibility index (Phi) is 3.62. The monoisotopic (exact) mass is 282 g/mol. The minimum atomic E-state index is -0.257. The molecule has 0 saturated carbocycles. The van der Waals surface area contributed by atoms with Gasteiger partial charge < -0.3 is 15.8 Å². The Labute approximate surface area is 123 Å². The van der Waals surface area contributed by atoms with Crippen LogP contribution in [0.1, 0.15) is 33.1 Å². The van der Waals surface area contributed by atoms with Crippen molar-refractivity contribution < 1.29 is 9.53 Å². The van der Waals surface area contributed by atoms with Crippen LogP contribution in [0.5, 0.6) is 5.75 Å². The van der Waals surface area contributed by atoms with Crippen LogP contribution in [0.15, 0.2) is 42.5 Å². The summed E-state index contributed by atoms with van der Waals surface area (Å²) in [5.74, 6) is 0.507. The average molecular weight is 282 g/mol. The average Bonchev–Trinajstić information content (AvgIpc) is 2.69. The van der Waals surface area contributed by atoms with Gasteiger partial charge in [0.05, 0.1) is 18.2 Å². The maximum absolute atomic E-state index is 12.1. The van der Waals surface area contributed by atoms with E-state index in [2.05, 4.69) is 5.32 Å². The van der Waals surface area contributed by atoms with E-state index in [1.165, 1.54) is 0 Å². The van der Waals surface area contributed by atoms with Gasteiger partial charge in [-0.15, -0.1) is 0 Å². The first-order valence-electron chi connectivity index (χ1n) is 7.03. The second-order valence-electron chi connectivity index (χ2n) is 5.19. The zero-order valence-electron chi connectivity index (χ0n) is 11.9. The quantitative estimate of drug-likeness (QED) is 0.887. The molecular formula is C17H18N2O2. The molecule has 0 spiro atoms. The number of ether oxygens (including phenoxy) is 1. The van der Waals surface area contributed by atoms with Crippen LogP contribution in [0, 0.1) is 6.92 Å². The number of amides is 1. The number of benzene rings is 2. The predicted octanol–water partition coefficient (Wildman–Crippen LogP) is 2.17. The summed E-state index contributed by atoms with van der Waals surface area (Å²) in [6, 6.07) is 13.3. The lowest BCUT2D eigenvalue weighted by atomic mass is 9.94. The Bertz CT molecular complexity index is 682. The Morgan fingerprint density at radius 2 is 2.05 bits per heavy atom. The second kappa shape index (κ2) is 5.58. The minimum absolute atomic E-state index is 0.110. The number of nitrogens with one attached hydrogen (secondary N) is 1. The number of hydrogen-bond acceptors (Lipinski definition) is 3. The highest BCUT2D eigenvalue weighted by Crippen LogP contribution is 2.28. The molecule has 1 unspecified atom stereocenters. The van der Waals surface area contributed by atoms with E-state index >= 15 is 0 Å². The van der Waals surface area contributed by atoms with E-state index in [0.29, 0.717) is 24.5 Å². The molecule has 1 aliphatic rings. The van der Waals surface area contributed by atoms with Crippen LogP contribution >= 0.6 is 0 Å². The molecule has 1 atom stereocenters. The summed E-state index contributed by atoms with van der Waals surface area (Å²) in [6.07, 6.45) is 0. The van der Waals surface area contributed by atoms with E-state index in [-0.39, 0.29) is 11.9 Å². The molecule has 21 heavy (non-hydrogen) atoms. The Morgan fingerprint density at radius 3 is 2.86 bits per heavy atom. The number of carbonyl (C=O) groups excluding carboxylic acids is 1. The maximum atomic E-state index is 12.1. The summed E-state index contributed by atoms with van der Waals surface area (Å²) in [7, 11) is 0. The lowest BCUT2D eigenvalue weighted by Crippen LogP contribution is -2.24. The smallest absolute Gasteiger partial charge is 0.255 e. The molecule has 0 fully saturated rings. The van der Waals surface area contributed by atoms with Crippen molar-refractivity contribution in [1.29, 1.82) is 0 Å². The van der Waals surface area contributed by atoms with Crippen molar-refractivity contribution >= 4 is 5.91 Å². The molecule has 4 nitrogen and oxygen atoms in total. The molecule has 0 radical (unpaired) electrons. The van der Waals surface area contributed by atoms with E-state index in [1.807, 2.05) is 49.4 Å². The lowest BCUT2D eigenvalue weighted by molar-refractivity contribution is 0.0957. The van der Waals surface area contributed by atoms with Crippen LogP contribution in [-0.2, 0) is 0 Å². The molecule has 3 rings (SSSR count). The normalized spacial score (nSPS) is 15.4. The number of carbonyl (C=O) groups is 1. The number of rotatable bonds is 2. The van der Waals surface area contributed by atoms with E-state index in [0.717, 1.165) is 16.7 Å². The molecule has 1 aliphatic heterocycles. The standard InChI is InChI=1S/C17H18N2O2/c1-11-4-2-3-5-13(11)16(18)12-6-7-15-14(10-12)17(20)19-8-9-21-15/h2-7,10,16H,8-9,18H2,1H3,(H,19,20).